The van der Waals surface area contributed by atoms with E-state index in [0.717, 1.165) is 22.0 Å². The zero-order valence-corrected chi connectivity index (χ0v) is 20.0. The van der Waals surface area contributed by atoms with Crippen LogP contribution in [0.15, 0.2) is 69.3 Å². The van der Waals surface area contributed by atoms with Crippen molar-refractivity contribution in [2.75, 3.05) is 28.8 Å². The molecule has 11 nitrogen and oxygen atoms in total. The number of benzene rings is 2. The van der Waals surface area contributed by atoms with E-state index in [2.05, 4.69) is 15.2 Å². The van der Waals surface area contributed by atoms with Gasteiger partial charge in [-0.1, -0.05) is 54.2 Å². The van der Waals surface area contributed by atoms with Gasteiger partial charge in [0.1, 0.15) is 11.6 Å². The molecule has 2 aromatic carbocycles. The van der Waals surface area contributed by atoms with E-state index in [9.17, 15) is 18.8 Å². The molecule has 13 heteroatoms. The lowest BCUT2D eigenvalue weighted by Gasteiger charge is -2.23. The summed E-state index contributed by atoms with van der Waals surface area (Å²) in [7, 11) is 0. The van der Waals surface area contributed by atoms with Crippen molar-refractivity contribution in [1.29, 1.82) is 0 Å². The average molecular weight is 511 g/mol. The third-order valence-electron chi connectivity index (χ3n) is 5.39. The Morgan fingerprint density at radius 1 is 1.11 bits per heavy atom. The quantitative estimate of drug-likeness (QED) is 0.237. The van der Waals surface area contributed by atoms with Gasteiger partial charge < -0.3 is 16.5 Å². The molecule has 0 aliphatic rings. The van der Waals surface area contributed by atoms with E-state index in [1.54, 1.807) is 19.1 Å². The first-order valence-corrected chi connectivity index (χ1v) is 11.9. The maximum atomic E-state index is 14.1. The summed E-state index contributed by atoms with van der Waals surface area (Å²) < 4.78 is 16.4. The molecule has 0 saturated heterocycles. The van der Waals surface area contributed by atoms with Gasteiger partial charge in [-0.15, -0.1) is 10.2 Å². The molecule has 0 aliphatic heterocycles. The predicted octanol–water partition coefficient (Wildman–Crippen LogP) is 1.42. The molecular weight excluding hydrogens is 487 g/mol. The van der Waals surface area contributed by atoms with Crippen LogP contribution in [0.1, 0.15) is 12.5 Å². The number of nitrogens with one attached hydrogen (secondary N) is 1. The van der Waals surface area contributed by atoms with Crippen LogP contribution in [-0.2, 0) is 11.3 Å². The zero-order valence-electron chi connectivity index (χ0n) is 19.2. The molecule has 0 bridgehead atoms. The van der Waals surface area contributed by atoms with Crippen LogP contribution < -0.4 is 27.7 Å². The molecule has 4 rings (SSSR count). The molecule has 1 amide bonds. The number of carbonyl (C=O) groups excluding carboxylic acids is 1. The average Bonchev–Trinajstić information content (AvgIpc) is 3.23. The normalized spacial score (nSPS) is 10.9. The fraction of sp³-hybridized carbons (Fsp3) is 0.174. The Bertz CT molecular complexity index is 1520. The van der Waals surface area contributed by atoms with Crippen LogP contribution in [0.5, 0.6) is 0 Å². The van der Waals surface area contributed by atoms with Gasteiger partial charge in [0.2, 0.25) is 11.1 Å². The number of halogens is 1. The van der Waals surface area contributed by atoms with E-state index >= 15 is 0 Å². The topological polar surface area (TPSA) is 158 Å². The van der Waals surface area contributed by atoms with Gasteiger partial charge in [0, 0.05) is 6.54 Å². The van der Waals surface area contributed by atoms with Gasteiger partial charge in [0.25, 0.3) is 5.56 Å². The molecule has 0 atom stereocenters. The molecule has 0 radical (unpaired) electrons. The van der Waals surface area contributed by atoms with Crippen molar-refractivity contribution in [2.24, 2.45) is 0 Å². The zero-order chi connectivity index (χ0) is 25.8. The number of rotatable bonds is 8. The van der Waals surface area contributed by atoms with E-state index in [4.69, 9.17) is 11.6 Å². The fourth-order valence-electron chi connectivity index (χ4n) is 3.63. The minimum atomic E-state index is -0.772. The maximum Gasteiger partial charge on any atom is 0.330 e. The number of aromatic nitrogens is 5. The van der Waals surface area contributed by atoms with Gasteiger partial charge in [-0.3, -0.25) is 19.1 Å². The van der Waals surface area contributed by atoms with Crippen LogP contribution in [0, 0.1) is 5.82 Å². The van der Waals surface area contributed by atoms with Gasteiger partial charge in [0.15, 0.2) is 11.5 Å². The summed E-state index contributed by atoms with van der Waals surface area (Å²) >= 11 is 0.966. The third-order valence-corrected chi connectivity index (χ3v) is 6.32. The Labute approximate surface area is 208 Å². The maximum absolute atomic E-state index is 14.1. The Morgan fingerprint density at radius 3 is 2.50 bits per heavy atom. The van der Waals surface area contributed by atoms with Crippen molar-refractivity contribution < 1.29 is 9.18 Å². The molecule has 0 spiro atoms. The van der Waals surface area contributed by atoms with Crippen LogP contribution in [-0.4, -0.2) is 42.6 Å². The highest BCUT2D eigenvalue weighted by Crippen LogP contribution is 2.25. The van der Waals surface area contributed by atoms with Crippen molar-refractivity contribution in [2.45, 2.75) is 18.6 Å². The number of H-pyrrole nitrogens is 1. The molecule has 2 aromatic heterocycles. The van der Waals surface area contributed by atoms with Gasteiger partial charge >= 0.3 is 5.69 Å². The van der Waals surface area contributed by atoms with E-state index in [-0.39, 0.29) is 46.9 Å². The standard InChI is InChI=1S/C23H23FN8O3S/c1-2-30(18-19(25)31(22(35)27-21(18)34)12-14-8-4-3-5-9-14)17(33)13-36-23-29-28-20(32(23)26)15-10-6-7-11-16(15)24/h3-11H,2,12-13,25-26H2,1H3,(H,27,34,35). The number of nitrogens with two attached hydrogens (primary N) is 2. The number of nitrogen functional groups attached to an aromatic ring is 2. The van der Waals surface area contributed by atoms with Gasteiger partial charge in [-0.25, -0.2) is 13.9 Å². The summed E-state index contributed by atoms with van der Waals surface area (Å²) in [4.78, 5) is 41.6. The molecule has 36 heavy (non-hydrogen) atoms. The van der Waals surface area contributed by atoms with E-state index in [0.29, 0.717) is 0 Å². The highest BCUT2D eigenvalue weighted by molar-refractivity contribution is 7.99. The minimum Gasteiger partial charge on any atom is -0.383 e. The first-order valence-electron chi connectivity index (χ1n) is 10.9. The van der Waals surface area contributed by atoms with E-state index in [1.165, 1.54) is 21.6 Å². The second kappa shape index (κ2) is 10.5. The lowest BCUT2D eigenvalue weighted by Crippen LogP contribution is -2.42. The van der Waals surface area contributed by atoms with Crippen molar-refractivity contribution >= 4 is 29.2 Å². The SMILES string of the molecule is CCN(C(=O)CSc1nnc(-c2ccccc2F)n1N)c1c(N)n(Cc2ccccc2)c(=O)[nH]c1=O. The Balaban J connectivity index is 1.57. The Kier molecular flexibility index (Phi) is 7.20. The van der Waals surface area contributed by atoms with Crippen LogP contribution >= 0.6 is 11.8 Å². The minimum absolute atomic E-state index is 0.101. The highest BCUT2D eigenvalue weighted by atomic mass is 32.2. The third kappa shape index (κ3) is 4.86. The Hall–Kier alpha value is -4.39. The largest absolute Gasteiger partial charge is 0.383 e. The summed E-state index contributed by atoms with van der Waals surface area (Å²) in [5.41, 5.74) is 5.60. The van der Waals surface area contributed by atoms with Crippen LogP contribution in [0.2, 0.25) is 0 Å². The molecule has 0 saturated carbocycles. The van der Waals surface area contributed by atoms with Crippen molar-refractivity contribution in [1.82, 2.24) is 24.4 Å². The van der Waals surface area contributed by atoms with Crippen LogP contribution in [0.25, 0.3) is 11.4 Å². The lowest BCUT2D eigenvalue weighted by atomic mass is 10.2. The summed E-state index contributed by atoms with van der Waals surface area (Å²) in [6, 6.07) is 15.1. The number of hydrogen-bond donors (Lipinski definition) is 3. The molecule has 4 aromatic rings. The van der Waals surface area contributed by atoms with Crippen molar-refractivity contribution in [3.63, 3.8) is 0 Å². The lowest BCUT2D eigenvalue weighted by molar-refractivity contribution is -0.116. The summed E-state index contributed by atoms with van der Waals surface area (Å²) in [6.45, 7) is 1.91. The number of carbonyl (C=O) groups is 1. The number of hydrogen-bond acceptors (Lipinski definition) is 8. The van der Waals surface area contributed by atoms with Crippen LogP contribution in [0.3, 0.4) is 0 Å². The Morgan fingerprint density at radius 2 is 1.81 bits per heavy atom. The number of anilines is 2. The smallest absolute Gasteiger partial charge is 0.330 e. The van der Waals surface area contributed by atoms with E-state index in [1.807, 2.05) is 30.3 Å². The molecule has 2 heterocycles. The number of thioether (sulfide) groups is 1. The van der Waals surface area contributed by atoms with Crippen molar-refractivity contribution in [3.8, 4) is 11.4 Å². The predicted molar refractivity (Wildman–Crippen MR) is 136 cm³/mol. The highest BCUT2D eigenvalue weighted by Gasteiger charge is 2.24. The fourth-order valence-corrected chi connectivity index (χ4v) is 4.36. The first kappa shape index (κ1) is 24.7. The summed E-state index contributed by atoms with van der Waals surface area (Å²) in [6.07, 6.45) is 0. The summed E-state index contributed by atoms with van der Waals surface area (Å²) in [5, 5.41) is 8.05. The molecule has 0 aliphatic carbocycles. The molecule has 0 unspecified atom stereocenters. The monoisotopic (exact) mass is 510 g/mol. The van der Waals surface area contributed by atoms with Crippen LogP contribution in [0.4, 0.5) is 15.9 Å². The molecule has 186 valence electrons. The molecule has 0 fully saturated rings. The van der Waals surface area contributed by atoms with Gasteiger partial charge in [-0.05, 0) is 24.6 Å². The van der Waals surface area contributed by atoms with Crippen molar-refractivity contribution in [3.05, 3.63) is 86.8 Å². The first-order chi connectivity index (χ1) is 17.3. The van der Waals surface area contributed by atoms with E-state index < -0.39 is 23.0 Å². The number of amides is 1. The number of nitrogens with zero attached hydrogens (tertiary/aromatic N) is 5. The second-order valence-electron chi connectivity index (χ2n) is 7.65. The van der Waals surface area contributed by atoms with Gasteiger partial charge in [0.05, 0.1) is 17.9 Å². The molecule has 5 N–H and O–H groups in total. The van der Waals surface area contributed by atoms with Gasteiger partial charge in [-0.2, -0.15) is 0 Å². The summed E-state index contributed by atoms with van der Waals surface area (Å²) in [5.74, 6) is 4.85. The number of aromatic amines is 1. The second-order valence-corrected chi connectivity index (χ2v) is 8.59. The molecular formula is C23H23FN8O3S.